The molecular weight excluding hydrogens is 308 g/mol. The molecule has 0 radical (unpaired) electrons. The molecule has 0 heterocycles. The molecule has 3 aromatic carbocycles. The molecule has 0 spiro atoms. The first kappa shape index (κ1) is 16.8. The summed E-state index contributed by atoms with van der Waals surface area (Å²) in [6.07, 6.45) is 0. The predicted molar refractivity (Wildman–Crippen MR) is 104 cm³/mol. The fourth-order valence-electron chi connectivity index (χ4n) is 2.61. The van der Waals surface area contributed by atoms with Crippen LogP contribution in [0, 0.1) is 13.8 Å². The van der Waals surface area contributed by atoms with Gasteiger partial charge < -0.3 is 10.6 Å². The van der Waals surface area contributed by atoms with Crippen LogP contribution in [-0.4, -0.2) is 5.91 Å². The van der Waals surface area contributed by atoms with Crippen LogP contribution in [0.2, 0.25) is 0 Å². The topological polar surface area (TPSA) is 41.1 Å². The molecule has 0 aliphatic heterocycles. The van der Waals surface area contributed by atoms with Crippen molar-refractivity contribution in [2.45, 2.75) is 20.4 Å². The first-order valence-corrected chi connectivity index (χ1v) is 8.38. The Morgan fingerprint density at radius 2 is 1.44 bits per heavy atom. The van der Waals surface area contributed by atoms with Gasteiger partial charge in [0.2, 0.25) is 0 Å². The summed E-state index contributed by atoms with van der Waals surface area (Å²) < 4.78 is 0. The largest absolute Gasteiger partial charge is 0.381 e. The lowest BCUT2D eigenvalue weighted by molar-refractivity contribution is 0.102. The number of carbonyl (C=O) groups excluding carboxylic acids is 1. The number of benzene rings is 3. The van der Waals surface area contributed by atoms with Gasteiger partial charge in [-0.25, -0.2) is 0 Å². The van der Waals surface area contributed by atoms with Crippen molar-refractivity contribution in [3.63, 3.8) is 0 Å². The number of rotatable bonds is 5. The van der Waals surface area contributed by atoms with Crippen molar-refractivity contribution in [3.05, 3.63) is 95.1 Å². The lowest BCUT2D eigenvalue weighted by Gasteiger charge is -2.10. The Labute approximate surface area is 148 Å². The SMILES string of the molecule is Cc1ccc(CNc2ccc(NC(=O)c3ccccc3C)cc2)cc1. The number of hydrogen-bond donors (Lipinski definition) is 2. The maximum atomic E-state index is 12.3. The second kappa shape index (κ2) is 7.67. The predicted octanol–water partition coefficient (Wildman–Crippen LogP) is 5.17. The van der Waals surface area contributed by atoms with Crippen molar-refractivity contribution in [3.8, 4) is 0 Å². The minimum Gasteiger partial charge on any atom is -0.381 e. The van der Waals surface area contributed by atoms with Gasteiger partial charge in [0.1, 0.15) is 0 Å². The minimum absolute atomic E-state index is 0.0848. The Balaban J connectivity index is 1.59. The zero-order chi connectivity index (χ0) is 17.6. The van der Waals surface area contributed by atoms with Crippen LogP contribution < -0.4 is 10.6 Å². The number of carbonyl (C=O) groups is 1. The summed E-state index contributed by atoms with van der Waals surface area (Å²) in [5.74, 6) is -0.0848. The summed E-state index contributed by atoms with van der Waals surface area (Å²) in [5, 5.41) is 6.33. The normalized spacial score (nSPS) is 10.3. The summed E-state index contributed by atoms with van der Waals surface area (Å²) in [5.41, 5.74) is 5.98. The van der Waals surface area contributed by atoms with Crippen LogP contribution in [-0.2, 0) is 6.54 Å². The summed E-state index contributed by atoms with van der Waals surface area (Å²) in [6.45, 7) is 4.80. The third kappa shape index (κ3) is 4.48. The summed E-state index contributed by atoms with van der Waals surface area (Å²) in [6, 6.07) is 23.8. The van der Waals surface area contributed by atoms with Crippen molar-refractivity contribution in [2.75, 3.05) is 10.6 Å². The van der Waals surface area contributed by atoms with Crippen LogP contribution in [0.25, 0.3) is 0 Å². The van der Waals surface area contributed by atoms with Crippen molar-refractivity contribution in [2.24, 2.45) is 0 Å². The van der Waals surface area contributed by atoms with Crippen LogP contribution in [0.4, 0.5) is 11.4 Å². The van der Waals surface area contributed by atoms with Gasteiger partial charge in [-0.2, -0.15) is 0 Å². The highest BCUT2D eigenvalue weighted by atomic mass is 16.1. The molecule has 0 atom stereocenters. The van der Waals surface area contributed by atoms with Crippen LogP contribution in [0.3, 0.4) is 0 Å². The smallest absolute Gasteiger partial charge is 0.255 e. The van der Waals surface area contributed by atoms with E-state index in [1.807, 2.05) is 55.5 Å². The highest BCUT2D eigenvalue weighted by Crippen LogP contribution is 2.17. The van der Waals surface area contributed by atoms with Crippen molar-refractivity contribution < 1.29 is 4.79 Å². The van der Waals surface area contributed by atoms with Gasteiger partial charge in [-0.3, -0.25) is 4.79 Å². The molecule has 0 saturated carbocycles. The molecule has 0 unspecified atom stereocenters. The van der Waals surface area contributed by atoms with E-state index in [1.54, 1.807) is 0 Å². The third-order valence-electron chi connectivity index (χ3n) is 4.15. The standard InChI is InChI=1S/C22H22N2O/c1-16-7-9-18(10-8-16)15-23-19-11-13-20(14-12-19)24-22(25)21-6-4-3-5-17(21)2/h3-14,23H,15H2,1-2H3,(H,24,25). The minimum atomic E-state index is -0.0848. The van der Waals surface area contributed by atoms with Crippen molar-refractivity contribution in [1.82, 2.24) is 0 Å². The molecule has 3 aromatic rings. The summed E-state index contributed by atoms with van der Waals surface area (Å²) in [7, 11) is 0. The quantitative estimate of drug-likeness (QED) is 0.678. The Bertz CT molecular complexity index is 852. The maximum absolute atomic E-state index is 12.3. The Morgan fingerprint density at radius 1 is 0.800 bits per heavy atom. The van der Waals surface area contributed by atoms with Crippen LogP contribution in [0.15, 0.2) is 72.8 Å². The molecule has 1 amide bonds. The molecule has 0 bridgehead atoms. The molecule has 2 N–H and O–H groups in total. The average Bonchev–Trinajstić information content (AvgIpc) is 2.63. The van der Waals surface area contributed by atoms with Gasteiger partial charge in [0.05, 0.1) is 0 Å². The Kier molecular flexibility index (Phi) is 5.14. The van der Waals surface area contributed by atoms with E-state index in [4.69, 9.17) is 0 Å². The van der Waals surface area contributed by atoms with E-state index >= 15 is 0 Å². The Morgan fingerprint density at radius 3 is 2.12 bits per heavy atom. The number of anilines is 2. The highest BCUT2D eigenvalue weighted by molar-refractivity contribution is 6.05. The summed E-state index contributed by atoms with van der Waals surface area (Å²) in [4.78, 5) is 12.3. The molecule has 0 fully saturated rings. The van der Waals surface area contributed by atoms with Gasteiger partial charge in [-0.1, -0.05) is 48.0 Å². The fourth-order valence-corrected chi connectivity index (χ4v) is 2.61. The van der Waals surface area contributed by atoms with E-state index in [-0.39, 0.29) is 5.91 Å². The van der Waals surface area contributed by atoms with Gasteiger partial charge in [0.15, 0.2) is 0 Å². The third-order valence-corrected chi connectivity index (χ3v) is 4.15. The van der Waals surface area contributed by atoms with Crippen LogP contribution >= 0.6 is 0 Å². The monoisotopic (exact) mass is 330 g/mol. The second-order valence-electron chi connectivity index (χ2n) is 6.19. The number of hydrogen-bond acceptors (Lipinski definition) is 2. The number of amides is 1. The van der Waals surface area contributed by atoms with Crippen molar-refractivity contribution in [1.29, 1.82) is 0 Å². The molecule has 3 nitrogen and oxygen atoms in total. The number of nitrogens with one attached hydrogen (secondary N) is 2. The van der Waals surface area contributed by atoms with E-state index in [0.717, 1.165) is 23.5 Å². The lowest BCUT2D eigenvalue weighted by atomic mass is 10.1. The molecular formula is C22H22N2O. The van der Waals surface area contributed by atoms with Gasteiger partial charge >= 0.3 is 0 Å². The summed E-state index contributed by atoms with van der Waals surface area (Å²) >= 11 is 0. The average molecular weight is 330 g/mol. The van der Waals surface area contributed by atoms with E-state index in [0.29, 0.717) is 5.56 Å². The molecule has 126 valence electrons. The first-order chi connectivity index (χ1) is 12.1. The molecule has 0 aliphatic rings. The second-order valence-corrected chi connectivity index (χ2v) is 6.19. The fraction of sp³-hybridized carbons (Fsp3) is 0.136. The first-order valence-electron chi connectivity index (χ1n) is 8.38. The molecule has 0 aliphatic carbocycles. The van der Waals surface area contributed by atoms with Gasteiger partial charge in [0, 0.05) is 23.5 Å². The van der Waals surface area contributed by atoms with E-state index < -0.39 is 0 Å². The van der Waals surface area contributed by atoms with Crippen molar-refractivity contribution >= 4 is 17.3 Å². The number of aryl methyl sites for hydroxylation is 2. The van der Waals surface area contributed by atoms with Gasteiger partial charge in [0.25, 0.3) is 5.91 Å². The van der Waals surface area contributed by atoms with Gasteiger partial charge in [-0.05, 0) is 55.3 Å². The Hall–Kier alpha value is -3.07. The van der Waals surface area contributed by atoms with Crippen LogP contribution in [0.5, 0.6) is 0 Å². The molecule has 0 aromatic heterocycles. The molecule has 0 saturated heterocycles. The van der Waals surface area contributed by atoms with Gasteiger partial charge in [-0.15, -0.1) is 0 Å². The highest BCUT2D eigenvalue weighted by Gasteiger charge is 2.08. The molecule has 25 heavy (non-hydrogen) atoms. The van der Waals surface area contributed by atoms with E-state index in [2.05, 4.69) is 41.8 Å². The van der Waals surface area contributed by atoms with E-state index in [1.165, 1.54) is 11.1 Å². The van der Waals surface area contributed by atoms with Crippen LogP contribution in [0.1, 0.15) is 27.0 Å². The lowest BCUT2D eigenvalue weighted by Crippen LogP contribution is -2.13. The molecule has 3 heteroatoms. The zero-order valence-electron chi connectivity index (χ0n) is 14.5. The van der Waals surface area contributed by atoms with E-state index in [9.17, 15) is 4.79 Å². The zero-order valence-corrected chi connectivity index (χ0v) is 14.5. The maximum Gasteiger partial charge on any atom is 0.255 e. The molecule has 3 rings (SSSR count).